The van der Waals surface area contributed by atoms with Crippen molar-refractivity contribution in [1.82, 2.24) is 14.9 Å². The lowest BCUT2D eigenvalue weighted by Gasteiger charge is -2.45. The largest absolute Gasteiger partial charge is 0.308 e. The number of fused-ring (bicyclic) bond motifs is 4. The fourth-order valence-corrected chi connectivity index (χ4v) is 8.23. The topological polar surface area (TPSA) is 29.9 Å². The maximum Gasteiger partial charge on any atom is 0.145 e. The number of nitrogens with zero attached hydrogens (tertiary/aromatic N) is 2. The zero-order valence-corrected chi connectivity index (χ0v) is 26.7. The van der Waals surface area contributed by atoms with Crippen molar-refractivity contribution in [3.05, 3.63) is 184 Å². The van der Waals surface area contributed by atoms with E-state index in [1.54, 1.807) is 0 Å². The molecule has 0 fully saturated rings. The maximum absolute atomic E-state index is 5.15. The molecule has 3 aliphatic carbocycles. The van der Waals surface area contributed by atoms with Crippen LogP contribution >= 0.6 is 0 Å². The third-order valence-corrected chi connectivity index (χ3v) is 10.5. The third-order valence-electron chi connectivity index (χ3n) is 10.5. The molecule has 47 heavy (non-hydrogen) atoms. The van der Waals surface area contributed by atoms with Crippen LogP contribution in [0.25, 0.3) is 34.8 Å². The van der Waals surface area contributed by atoms with Gasteiger partial charge < -0.3 is 5.32 Å². The molecule has 1 aliphatic heterocycles. The summed E-state index contributed by atoms with van der Waals surface area (Å²) < 4.78 is 2.32. The molecule has 5 aromatic rings. The average Bonchev–Trinajstić information content (AvgIpc) is 3.32. The highest BCUT2D eigenvalue weighted by atomic mass is 15.1. The van der Waals surface area contributed by atoms with Gasteiger partial charge in [0, 0.05) is 35.7 Å². The lowest BCUT2D eigenvalue weighted by Crippen LogP contribution is -2.32. The number of rotatable bonds is 4. The van der Waals surface area contributed by atoms with Crippen molar-refractivity contribution in [2.45, 2.75) is 32.2 Å². The third kappa shape index (κ3) is 4.57. The molecule has 0 radical (unpaired) electrons. The average molecular weight is 608 g/mol. The second kappa shape index (κ2) is 11.2. The highest BCUT2D eigenvalue weighted by Gasteiger charge is 2.44. The zero-order valence-electron chi connectivity index (χ0n) is 26.7. The lowest BCUT2D eigenvalue weighted by atomic mass is 9.58. The Hall–Kier alpha value is -5.25. The summed E-state index contributed by atoms with van der Waals surface area (Å²) in [5.41, 5.74) is 15.1. The quantitative estimate of drug-likeness (QED) is 0.220. The first-order valence-corrected chi connectivity index (χ1v) is 16.8. The van der Waals surface area contributed by atoms with Crippen LogP contribution in [-0.4, -0.2) is 16.1 Å². The molecule has 2 atom stereocenters. The second-order valence-electron chi connectivity index (χ2n) is 13.3. The molecule has 9 rings (SSSR count). The highest BCUT2D eigenvalue weighted by Crippen LogP contribution is 2.57. The molecule has 228 valence electrons. The van der Waals surface area contributed by atoms with E-state index < -0.39 is 0 Å². The van der Waals surface area contributed by atoms with Crippen LogP contribution in [0.3, 0.4) is 0 Å². The Kier molecular flexibility index (Phi) is 6.69. The summed E-state index contributed by atoms with van der Waals surface area (Å²) in [4.78, 5) is 5.15. The van der Waals surface area contributed by atoms with Crippen LogP contribution in [0.4, 0.5) is 0 Å². The molecule has 0 saturated heterocycles. The van der Waals surface area contributed by atoms with Crippen molar-refractivity contribution in [1.29, 1.82) is 0 Å². The maximum atomic E-state index is 5.15. The second-order valence-corrected chi connectivity index (χ2v) is 13.3. The van der Waals surface area contributed by atoms with Crippen LogP contribution in [0, 0.1) is 5.41 Å². The molecule has 0 bridgehead atoms. The van der Waals surface area contributed by atoms with E-state index >= 15 is 0 Å². The monoisotopic (exact) mass is 607 g/mol. The predicted octanol–water partition coefficient (Wildman–Crippen LogP) is 9.69. The predicted molar refractivity (Wildman–Crippen MR) is 194 cm³/mol. The van der Waals surface area contributed by atoms with Gasteiger partial charge in [-0.3, -0.25) is 4.57 Å². The number of hydrogen-bond acceptors (Lipinski definition) is 2. The smallest absolute Gasteiger partial charge is 0.145 e. The molecular formula is C44H37N3. The molecule has 1 aromatic heterocycles. The summed E-state index contributed by atoms with van der Waals surface area (Å²) in [6.45, 7) is 4.02. The SMILES string of the molecule is CC12C=CC=CC1=C(c1ccc(-n3c(-c4ccccc4)nc4c3C=CCNC4)cc1)c1ccccc1C2c1ccc2c(c1)C=CCC2. The van der Waals surface area contributed by atoms with Crippen LogP contribution < -0.4 is 5.32 Å². The van der Waals surface area contributed by atoms with Gasteiger partial charge in [-0.1, -0.05) is 134 Å². The van der Waals surface area contributed by atoms with E-state index in [2.05, 4.69) is 162 Å². The molecule has 3 heteroatoms. The number of aromatic nitrogens is 2. The molecule has 1 N–H and O–H groups in total. The number of benzene rings is 4. The van der Waals surface area contributed by atoms with Gasteiger partial charge in [0.1, 0.15) is 5.82 Å². The minimum Gasteiger partial charge on any atom is -0.308 e. The van der Waals surface area contributed by atoms with E-state index in [1.807, 2.05) is 0 Å². The summed E-state index contributed by atoms with van der Waals surface area (Å²) in [6, 6.07) is 36.0. The number of allylic oxidation sites excluding steroid dienone is 6. The normalized spacial score (nSPS) is 20.7. The van der Waals surface area contributed by atoms with E-state index in [1.165, 1.54) is 44.5 Å². The molecule has 4 aliphatic rings. The summed E-state index contributed by atoms with van der Waals surface area (Å²) in [5.74, 6) is 1.19. The first kappa shape index (κ1) is 28.0. The van der Waals surface area contributed by atoms with E-state index in [4.69, 9.17) is 4.98 Å². The Balaban J connectivity index is 1.19. The van der Waals surface area contributed by atoms with Crippen molar-refractivity contribution >= 4 is 17.7 Å². The summed E-state index contributed by atoms with van der Waals surface area (Å²) in [5, 5.41) is 3.48. The molecule has 4 aromatic carbocycles. The molecule has 0 saturated carbocycles. The Bertz CT molecular complexity index is 2170. The Morgan fingerprint density at radius 2 is 1.66 bits per heavy atom. The van der Waals surface area contributed by atoms with E-state index in [9.17, 15) is 0 Å². The first-order valence-electron chi connectivity index (χ1n) is 16.8. The minimum absolute atomic E-state index is 0.191. The molecule has 0 spiro atoms. The summed E-state index contributed by atoms with van der Waals surface area (Å²) in [6.07, 6.45) is 20.5. The van der Waals surface area contributed by atoms with Gasteiger partial charge in [-0.2, -0.15) is 0 Å². The standard InChI is InChI=1S/C44H37N3/c1-44-26-10-9-18-38(44)41(36-16-7-8-17-37(36)42(44)34-21-20-30-12-5-6-15-33(30)28-34)31-22-24-35(25-23-31)47-40-19-11-27-45-29-39(40)46-43(47)32-13-3-2-4-14-32/h2-4,6-11,13-26,28,42,45H,5,12,27,29H2,1H3. The van der Waals surface area contributed by atoms with Gasteiger partial charge in [-0.15, -0.1) is 0 Å². The summed E-state index contributed by atoms with van der Waals surface area (Å²) in [7, 11) is 0. The van der Waals surface area contributed by atoms with Crippen LogP contribution in [0.15, 0.2) is 139 Å². The van der Waals surface area contributed by atoms with Crippen LogP contribution in [0.2, 0.25) is 0 Å². The molecule has 2 unspecified atom stereocenters. The van der Waals surface area contributed by atoms with Gasteiger partial charge >= 0.3 is 0 Å². The van der Waals surface area contributed by atoms with Crippen molar-refractivity contribution in [3.63, 3.8) is 0 Å². The number of hydrogen-bond donors (Lipinski definition) is 1. The van der Waals surface area contributed by atoms with Gasteiger partial charge in [-0.25, -0.2) is 4.98 Å². The molecule has 2 heterocycles. The fraction of sp³-hybridized carbons (Fsp3) is 0.159. The molecule has 0 amide bonds. The van der Waals surface area contributed by atoms with Gasteiger partial charge in [0.2, 0.25) is 0 Å². The van der Waals surface area contributed by atoms with E-state index in [-0.39, 0.29) is 11.3 Å². The Labute approximate surface area is 277 Å². The van der Waals surface area contributed by atoms with Crippen LogP contribution in [-0.2, 0) is 13.0 Å². The minimum atomic E-state index is -0.191. The van der Waals surface area contributed by atoms with Crippen LogP contribution in [0.1, 0.15) is 64.0 Å². The first-order chi connectivity index (χ1) is 23.2. The number of aryl methyl sites for hydroxylation is 1. The number of imidazole rings is 1. The zero-order chi connectivity index (χ0) is 31.4. The highest BCUT2D eigenvalue weighted by molar-refractivity contribution is 5.90. The van der Waals surface area contributed by atoms with E-state index in [0.717, 1.165) is 54.4 Å². The summed E-state index contributed by atoms with van der Waals surface area (Å²) >= 11 is 0. The van der Waals surface area contributed by atoms with E-state index in [0.29, 0.717) is 0 Å². The van der Waals surface area contributed by atoms with Gasteiger partial charge in [0.05, 0.1) is 11.4 Å². The van der Waals surface area contributed by atoms with Crippen molar-refractivity contribution < 1.29 is 0 Å². The molecule has 3 nitrogen and oxygen atoms in total. The van der Waals surface area contributed by atoms with Crippen molar-refractivity contribution in [3.8, 4) is 17.1 Å². The molecular weight excluding hydrogens is 571 g/mol. The van der Waals surface area contributed by atoms with Gasteiger partial charge in [0.25, 0.3) is 0 Å². The van der Waals surface area contributed by atoms with Gasteiger partial charge in [-0.05, 0) is 75.6 Å². The Morgan fingerprint density at radius 3 is 2.55 bits per heavy atom. The fourth-order valence-electron chi connectivity index (χ4n) is 8.23. The van der Waals surface area contributed by atoms with Crippen molar-refractivity contribution in [2.75, 3.05) is 6.54 Å². The Morgan fingerprint density at radius 1 is 0.809 bits per heavy atom. The number of nitrogens with one attached hydrogen (secondary N) is 1. The van der Waals surface area contributed by atoms with Crippen molar-refractivity contribution in [2.24, 2.45) is 5.41 Å². The van der Waals surface area contributed by atoms with Crippen LogP contribution in [0.5, 0.6) is 0 Å². The lowest BCUT2D eigenvalue weighted by molar-refractivity contribution is 0.448. The van der Waals surface area contributed by atoms with Gasteiger partial charge in [0.15, 0.2) is 0 Å².